The lowest BCUT2D eigenvalue weighted by atomic mass is 10.1. The molecule has 0 fully saturated rings. The fourth-order valence-electron chi connectivity index (χ4n) is 1.69. The molecular formula is C14H12F3N. The molecule has 0 saturated heterocycles. The molecule has 2 aromatic carbocycles. The van der Waals surface area contributed by atoms with E-state index >= 15 is 0 Å². The van der Waals surface area contributed by atoms with E-state index in [0.29, 0.717) is 5.69 Å². The van der Waals surface area contributed by atoms with Crippen LogP contribution in [0.1, 0.15) is 5.56 Å². The summed E-state index contributed by atoms with van der Waals surface area (Å²) in [4.78, 5) is 1.72. The van der Waals surface area contributed by atoms with Crippen LogP contribution in [0.15, 0.2) is 54.6 Å². The van der Waals surface area contributed by atoms with Crippen LogP contribution in [0.3, 0.4) is 0 Å². The lowest BCUT2D eigenvalue weighted by molar-refractivity contribution is -0.137. The highest BCUT2D eigenvalue weighted by atomic mass is 19.4. The van der Waals surface area contributed by atoms with Crippen molar-refractivity contribution in [3.8, 4) is 0 Å². The summed E-state index contributed by atoms with van der Waals surface area (Å²) in [6.45, 7) is 0. The summed E-state index contributed by atoms with van der Waals surface area (Å²) in [5, 5.41) is 0. The zero-order valence-corrected chi connectivity index (χ0v) is 9.78. The van der Waals surface area contributed by atoms with E-state index in [-0.39, 0.29) is 0 Å². The van der Waals surface area contributed by atoms with Gasteiger partial charge in [-0.15, -0.1) is 0 Å². The van der Waals surface area contributed by atoms with Crippen LogP contribution in [-0.4, -0.2) is 7.05 Å². The molecule has 0 spiro atoms. The van der Waals surface area contributed by atoms with Crippen LogP contribution in [-0.2, 0) is 6.18 Å². The number of halogens is 3. The second-order valence-electron chi connectivity index (χ2n) is 3.94. The molecular weight excluding hydrogens is 239 g/mol. The van der Waals surface area contributed by atoms with Gasteiger partial charge in [-0.2, -0.15) is 13.2 Å². The maximum atomic E-state index is 12.6. The molecule has 2 aromatic rings. The van der Waals surface area contributed by atoms with Crippen molar-refractivity contribution >= 4 is 11.4 Å². The smallest absolute Gasteiger partial charge is 0.345 e. The van der Waals surface area contributed by atoms with Gasteiger partial charge in [-0.1, -0.05) is 24.3 Å². The maximum absolute atomic E-state index is 12.6. The van der Waals surface area contributed by atoms with Gasteiger partial charge in [-0.3, -0.25) is 0 Å². The van der Waals surface area contributed by atoms with Crippen molar-refractivity contribution in [2.75, 3.05) is 11.9 Å². The second-order valence-corrected chi connectivity index (χ2v) is 3.94. The van der Waals surface area contributed by atoms with Crippen LogP contribution in [0.25, 0.3) is 0 Å². The lowest BCUT2D eigenvalue weighted by Crippen LogP contribution is -2.11. The number of alkyl halides is 3. The topological polar surface area (TPSA) is 3.24 Å². The minimum Gasteiger partial charge on any atom is -0.345 e. The van der Waals surface area contributed by atoms with Gasteiger partial charge in [0.1, 0.15) is 0 Å². The third-order valence-electron chi connectivity index (χ3n) is 2.70. The predicted octanol–water partition coefficient (Wildman–Crippen LogP) is 4.47. The van der Waals surface area contributed by atoms with Gasteiger partial charge in [-0.25, -0.2) is 0 Å². The monoisotopic (exact) mass is 251 g/mol. The van der Waals surface area contributed by atoms with E-state index in [0.717, 1.165) is 17.8 Å². The molecule has 0 saturated carbocycles. The van der Waals surface area contributed by atoms with E-state index in [2.05, 4.69) is 0 Å². The number of para-hydroxylation sites is 1. The molecule has 0 aromatic heterocycles. The molecule has 4 heteroatoms. The van der Waals surface area contributed by atoms with Gasteiger partial charge in [0.05, 0.1) is 5.56 Å². The maximum Gasteiger partial charge on any atom is 0.416 e. The van der Waals surface area contributed by atoms with E-state index in [1.54, 1.807) is 18.0 Å². The van der Waals surface area contributed by atoms with Crippen molar-refractivity contribution in [1.29, 1.82) is 0 Å². The summed E-state index contributed by atoms with van der Waals surface area (Å²) in [7, 11) is 1.74. The first-order valence-electron chi connectivity index (χ1n) is 5.44. The summed E-state index contributed by atoms with van der Waals surface area (Å²) in [5.74, 6) is 0. The second kappa shape index (κ2) is 4.72. The van der Waals surface area contributed by atoms with Gasteiger partial charge >= 0.3 is 6.18 Å². The average Bonchev–Trinajstić information content (AvgIpc) is 2.38. The molecule has 18 heavy (non-hydrogen) atoms. The fourth-order valence-corrected chi connectivity index (χ4v) is 1.69. The van der Waals surface area contributed by atoms with Crippen LogP contribution in [0.2, 0.25) is 0 Å². The highest BCUT2D eigenvalue weighted by molar-refractivity contribution is 5.62. The van der Waals surface area contributed by atoms with Gasteiger partial charge in [-0.05, 0) is 30.3 Å². The summed E-state index contributed by atoms with van der Waals surface area (Å²) >= 11 is 0. The first kappa shape index (κ1) is 12.5. The van der Waals surface area contributed by atoms with E-state index < -0.39 is 11.7 Å². The number of benzene rings is 2. The molecule has 0 aliphatic rings. The molecule has 94 valence electrons. The molecule has 0 radical (unpaired) electrons. The first-order valence-corrected chi connectivity index (χ1v) is 5.44. The van der Waals surface area contributed by atoms with E-state index in [9.17, 15) is 13.2 Å². The minimum atomic E-state index is -4.31. The van der Waals surface area contributed by atoms with Crippen molar-refractivity contribution in [2.24, 2.45) is 0 Å². The van der Waals surface area contributed by atoms with Crippen LogP contribution in [0, 0.1) is 0 Å². The summed E-state index contributed by atoms with van der Waals surface area (Å²) in [6.07, 6.45) is -4.31. The standard InChI is InChI=1S/C14H12F3N/c1-18(12-7-3-2-4-8-12)13-9-5-6-11(10-13)14(15,16)17/h2-10H,1H3. The Bertz CT molecular complexity index is 520. The molecule has 0 bridgehead atoms. The normalized spacial score (nSPS) is 11.3. The van der Waals surface area contributed by atoms with E-state index in [1.807, 2.05) is 30.3 Å². The number of hydrogen-bond donors (Lipinski definition) is 0. The Balaban J connectivity index is 2.35. The highest BCUT2D eigenvalue weighted by Crippen LogP contribution is 2.32. The molecule has 0 amide bonds. The number of nitrogens with zero attached hydrogens (tertiary/aromatic N) is 1. The Morgan fingerprint density at radius 3 is 2.06 bits per heavy atom. The minimum absolute atomic E-state index is 0.510. The quantitative estimate of drug-likeness (QED) is 0.761. The SMILES string of the molecule is CN(c1ccccc1)c1cccc(C(F)(F)F)c1. The van der Waals surface area contributed by atoms with Crippen molar-refractivity contribution < 1.29 is 13.2 Å². The molecule has 0 atom stereocenters. The molecule has 1 nitrogen and oxygen atoms in total. The predicted molar refractivity (Wildman–Crippen MR) is 65.9 cm³/mol. The van der Waals surface area contributed by atoms with Gasteiger partial charge in [0.2, 0.25) is 0 Å². The van der Waals surface area contributed by atoms with Gasteiger partial charge in [0, 0.05) is 18.4 Å². The van der Waals surface area contributed by atoms with E-state index in [1.165, 1.54) is 6.07 Å². The van der Waals surface area contributed by atoms with Gasteiger partial charge in [0.25, 0.3) is 0 Å². The zero-order valence-electron chi connectivity index (χ0n) is 9.78. The number of anilines is 2. The van der Waals surface area contributed by atoms with Crippen LogP contribution < -0.4 is 4.90 Å². The van der Waals surface area contributed by atoms with E-state index in [4.69, 9.17) is 0 Å². The van der Waals surface area contributed by atoms with Crippen molar-refractivity contribution in [1.82, 2.24) is 0 Å². The third kappa shape index (κ3) is 2.64. The average molecular weight is 251 g/mol. The van der Waals surface area contributed by atoms with Crippen molar-refractivity contribution in [3.05, 3.63) is 60.2 Å². The lowest BCUT2D eigenvalue weighted by Gasteiger charge is -2.20. The molecule has 2 rings (SSSR count). The van der Waals surface area contributed by atoms with Gasteiger partial charge < -0.3 is 4.90 Å². The Labute approximate surface area is 103 Å². The largest absolute Gasteiger partial charge is 0.416 e. The van der Waals surface area contributed by atoms with Crippen LogP contribution >= 0.6 is 0 Å². The Morgan fingerprint density at radius 2 is 1.44 bits per heavy atom. The van der Waals surface area contributed by atoms with Crippen LogP contribution in [0.5, 0.6) is 0 Å². The Kier molecular flexibility index (Phi) is 3.28. The number of hydrogen-bond acceptors (Lipinski definition) is 1. The van der Waals surface area contributed by atoms with Crippen molar-refractivity contribution in [3.63, 3.8) is 0 Å². The summed E-state index contributed by atoms with van der Waals surface area (Å²) in [5.41, 5.74) is 0.718. The first-order chi connectivity index (χ1) is 8.48. The summed E-state index contributed by atoms with van der Waals surface area (Å²) in [6, 6.07) is 14.5. The molecule has 0 heterocycles. The fraction of sp³-hybridized carbons (Fsp3) is 0.143. The highest BCUT2D eigenvalue weighted by Gasteiger charge is 2.30. The molecule has 0 N–H and O–H groups in total. The Hall–Kier alpha value is -1.97. The van der Waals surface area contributed by atoms with Crippen molar-refractivity contribution in [2.45, 2.75) is 6.18 Å². The third-order valence-corrected chi connectivity index (χ3v) is 2.70. The molecule has 0 aliphatic heterocycles. The van der Waals surface area contributed by atoms with Crippen LogP contribution in [0.4, 0.5) is 24.5 Å². The van der Waals surface area contributed by atoms with Gasteiger partial charge in [0.15, 0.2) is 0 Å². The molecule has 0 unspecified atom stereocenters. The molecule has 0 aliphatic carbocycles. The summed E-state index contributed by atoms with van der Waals surface area (Å²) < 4.78 is 37.8. The zero-order chi connectivity index (χ0) is 13.2. The number of rotatable bonds is 2. The Morgan fingerprint density at radius 1 is 0.833 bits per heavy atom.